The predicted molar refractivity (Wildman–Crippen MR) is 105 cm³/mol. The Kier molecular flexibility index (Phi) is 11.3. The first-order chi connectivity index (χ1) is 11.7. The lowest BCUT2D eigenvalue weighted by molar-refractivity contribution is 0.299. The molecule has 1 rings (SSSR count). The Hall–Kier alpha value is -0.615. The van der Waals surface area contributed by atoms with Crippen LogP contribution in [0.25, 0.3) is 0 Å². The van der Waals surface area contributed by atoms with E-state index in [0.717, 1.165) is 58.9 Å². The number of benzene rings is 1. The molecule has 0 bridgehead atoms. The molecule has 0 aliphatic heterocycles. The van der Waals surface area contributed by atoms with Crippen molar-refractivity contribution in [1.29, 1.82) is 0 Å². The number of hydrogen-bond donors (Lipinski definition) is 1. The van der Waals surface area contributed by atoms with Gasteiger partial charge in [-0.25, -0.2) is 0 Å². The maximum Gasteiger partial charge on any atom is 0.569 e. The van der Waals surface area contributed by atoms with Gasteiger partial charge in [0.05, 0.1) is 5.69 Å². The predicted octanol–water partition coefficient (Wildman–Crippen LogP) is 3.50. The number of alkyl halides is 2. The second-order valence-electron chi connectivity index (χ2n) is 5.67. The lowest BCUT2D eigenvalue weighted by atomic mass is 10.1. The molecule has 0 saturated carbocycles. The van der Waals surface area contributed by atoms with Gasteiger partial charge in [0.1, 0.15) is 5.75 Å². The van der Waals surface area contributed by atoms with Crippen molar-refractivity contribution in [3.05, 3.63) is 23.8 Å². The molecule has 0 saturated heterocycles. The number of hydrogen-bond acceptors (Lipinski definition) is 4. The zero-order chi connectivity index (χ0) is 17.8. The SMILES string of the molecule is CCCN(CCC)c1cc(CN(CCCl)CCCl)ccc1O[B]O. The molecule has 0 aliphatic rings. The first-order valence-electron chi connectivity index (χ1n) is 8.54. The van der Waals surface area contributed by atoms with Crippen molar-refractivity contribution in [1.82, 2.24) is 4.90 Å². The number of rotatable bonds is 13. The average molecular weight is 374 g/mol. The minimum atomic E-state index is 0.586. The first-order valence-corrected chi connectivity index (χ1v) is 9.61. The minimum absolute atomic E-state index is 0.586. The van der Waals surface area contributed by atoms with Crippen molar-refractivity contribution >= 4 is 36.6 Å². The van der Waals surface area contributed by atoms with Crippen molar-refractivity contribution < 1.29 is 9.68 Å². The van der Waals surface area contributed by atoms with Gasteiger partial charge in [0.25, 0.3) is 0 Å². The van der Waals surface area contributed by atoms with Gasteiger partial charge < -0.3 is 14.6 Å². The molecule has 0 heterocycles. The third-order valence-electron chi connectivity index (χ3n) is 3.74. The molecule has 24 heavy (non-hydrogen) atoms. The molecule has 1 aromatic carbocycles. The molecule has 0 unspecified atom stereocenters. The summed E-state index contributed by atoms with van der Waals surface area (Å²) in [4.78, 5) is 4.54. The highest BCUT2D eigenvalue weighted by Crippen LogP contribution is 2.30. The molecule has 0 amide bonds. The smallest absolute Gasteiger partial charge is 0.536 e. The van der Waals surface area contributed by atoms with Crippen molar-refractivity contribution in [3.63, 3.8) is 0 Å². The topological polar surface area (TPSA) is 35.9 Å². The highest BCUT2D eigenvalue weighted by atomic mass is 35.5. The summed E-state index contributed by atoms with van der Waals surface area (Å²) in [7, 11) is 0.738. The van der Waals surface area contributed by atoms with Crippen LogP contribution in [-0.4, -0.2) is 55.5 Å². The summed E-state index contributed by atoms with van der Waals surface area (Å²) in [5.41, 5.74) is 2.20. The van der Waals surface area contributed by atoms with E-state index in [9.17, 15) is 0 Å². The van der Waals surface area contributed by atoms with Gasteiger partial charge in [0.2, 0.25) is 0 Å². The fourth-order valence-corrected chi connectivity index (χ4v) is 3.20. The van der Waals surface area contributed by atoms with Crippen LogP contribution >= 0.6 is 23.2 Å². The van der Waals surface area contributed by atoms with Gasteiger partial charge in [-0.15, -0.1) is 23.2 Å². The summed E-state index contributed by atoms with van der Waals surface area (Å²) in [5, 5.41) is 9.04. The zero-order valence-electron chi connectivity index (χ0n) is 14.7. The molecule has 1 N–H and O–H groups in total. The maximum atomic E-state index is 9.04. The van der Waals surface area contributed by atoms with Gasteiger partial charge in [-0.3, -0.25) is 4.90 Å². The number of anilines is 1. The van der Waals surface area contributed by atoms with E-state index in [4.69, 9.17) is 32.9 Å². The van der Waals surface area contributed by atoms with Gasteiger partial charge in [-0.1, -0.05) is 19.9 Å². The molecule has 135 valence electrons. The fourth-order valence-electron chi connectivity index (χ4n) is 2.72. The molecular formula is C17H28BCl2N2O2. The molecule has 0 aromatic heterocycles. The van der Waals surface area contributed by atoms with Crippen molar-refractivity contribution in [2.75, 3.05) is 42.8 Å². The van der Waals surface area contributed by atoms with E-state index >= 15 is 0 Å². The quantitative estimate of drug-likeness (QED) is 0.424. The fraction of sp³-hybridized carbons (Fsp3) is 0.647. The van der Waals surface area contributed by atoms with Crippen LogP contribution in [0.4, 0.5) is 5.69 Å². The molecule has 0 aliphatic carbocycles. The number of nitrogens with zero attached hydrogens (tertiary/aromatic N) is 2. The van der Waals surface area contributed by atoms with E-state index in [1.54, 1.807) is 0 Å². The molecule has 1 aromatic rings. The summed E-state index contributed by atoms with van der Waals surface area (Å²) in [6.07, 6.45) is 2.11. The van der Waals surface area contributed by atoms with Crippen LogP contribution in [-0.2, 0) is 6.54 Å². The molecular weight excluding hydrogens is 346 g/mol. The zero-order valence-corrected chi connectivity index (χ0v) is 16.2. The van der Waals surface area contributed by atoms with Gasteiger partial charge in [0.15, 0.2) is 0 Å². The lowest BCUT2D eigenvalue weighted by Gasteiger charge is -2.27. The standard InChI is InChI=1S/C17H28BCl2N2O2/c1-3-9-22(10-4-2)16-13-15(5-6-17(16)24-18-23)14-21(11-7-19)12-8-20/h5-6,13,23H,3-4,7-12,14H2,1-2H3. The van der Waals surface area contributed by atoms with Crippen LogP contribution in [0.5, 0.6) is 5.75 Å². The summed E-state index contributed by atoms with van der Waals surface area (Å²) >= 11 is 11.8. The molecule has 0 spiro atoms. The van der Waals surface area contributed by atoms with E-state index in [2.05, 4.69) is 29.7 Å². The van der Waals surface area contributed by atoms with E-state index < -0.39 is 0 Å². The average Bonchev–Trinajstić information content (AvgIpc) is 2.57. The molecule has 0 atom stereocenters. The highest BCUT2D eigenvalue weighted by molar-refractivity contribution is 6.18. The largest absolute Gasteiger partial charge is 0.569 e. The normalized spacial score (nSPS) is 10.9. The first kappa shape index (κ1) is 21.4. The Morgan fingerprint density at radius 1 is 1.04 bits per heavy atom. The minimum Gasteiger partial charge on any atom is -0.536 e. The Bertz CT molecular complexity index is 454. The van der Waals surface area contributed by atoms with E-state index in [0.29, 0.717) is 17.5 Å². The second kappa shape index (κ2) is 12.7. The van der Waals surface area contributed by atoms with Gasteiger partial charge in [0, 0.05) is 44.5 Å². The Labute approximate surface area is 157 Å². The molecule has 1 radical (unpaired) electrons. The lowest BCUT2D eigenvalue weighted by Crippen LogP contribution is -2.28. The van der Waals surface area contributed by atoms with Crippen molar-refractivity contribution in [2.45, 2.75) is 33.2 Å². The van der Waals surface area contributed by atoms with Crippen LogP contribution < -0.4 is 9.55 Å². The van der Waals surface area contributed by atoms with Crippen molar-refractivity contribution in [2.24, 2.45) is 0 Å². The Balaban J connectivity index is 3.04. The highest BCUT2D eigenvalue weighted by Gasteiger charge is 2.14. The van der Waals surface area contributed by atoms with Crippen LogP contribution in [0.3, 0.4) is 0 Å². The van der Waals surface area contributed by atoms with E-state index in [1.807, 2.05) is 12.1 Å². The van der Waals surface area contributed by atoms with Gasteiger partial charge >= 0.3 is 7.69 Å². The summed E-state index contributed by atoms with van der Waals surface area (Å²) in [5.74, 6) is 1.84. The third kappa shape index (κ3) is 7.10. The van der Waals surface area contributed by atoms with Crippen LogP contribution in [0.1, 0.15) is 32.3 Å². The van der Waals surface area contributed by atoms with Gasteiger partial charge in [-0.05, 0) is 30.5 Å². The monoisotopic (exact) mass is 373 g/mol. The van der Waals surface area contributed by atoms with Crippen LogP contribution in [0, 0.1) is 0 Å². The molecule has 7 heteroatoms. The maximum absolute atomic E-state index is 9.04. The van der Waals surface area contributed by atoms with Gasteiger partial charge in [-0.2, -0.15) is 0 Å². The van der Waals surface area contributed by atoms with E-state index in [-0.39, 0.29) is 0 Å². The molecule has 4 nitrogen and oxygen atoms in total. The van der Waals surface area contributed by atoms with Crippen LogP contribution in [0.15, 0.2) is 18.2 Å². The summed E-state index contributed by atoms with van der Waals surface area (Å²) in [6.45, 7) is 8.63. The Morgan fingerprint density at radius 2 is 1.67 bits per heavy atom. The summed E-state index contributed by atoms with van der Waals surface area (Å²) in [6, 6.07) is 6.07. The van der Waals surface area contributed by atoms with E-state index in [1.165, 1.54) is 5.56 Å². The number of halogens is 2. The molecule has 0 fully saturated rings. The summed E-state index contributed by atoms with van der Waals surface area (Å²) < 4.78 is 5.30. The van der Waals surface area contributed by atoms with Crippen LogP contribution in [0.2, 0.25) is 0 Å². The van der Waals surface area contributed by atoms with Crippen molar-refractivity contribution in [3.8, 4) is 5.75 Å². The second-order valence-corrected chi connectivity index (χ2v) is 6.42. The third-order valence-corrected chi connectivity index (χ3v) is 4.08. The Morgan fingerprint density at radius 3 is 2.17 bits per heavy atom.